The first-order valence-corrected chi connectivity index (χ1v) is 7.20. The predicted molar refractivity (Wildman–Crippen MR) is 90.3 cm³/mol. The van der Waals surface area contributed by atoms with Gasteiger partial charge >= 0.3 is 0 Å². The second-order valence-electron chi connectivity index (χ2n) is 5.12. The van der Waals surface area contributed by atoms with Gasteiger partial charge in [0.2, 0.25) is 5.91 Å². The number of amides is 1. The Morgan fingerprint density at radius 1 is 1.13 bits per heavy atom. The molecule has 2 rings (SSSR count). The van der Waals surface area contributed by atoms with Crippen LogP contribution in [0.3, 0.4) is 0 Å². The Labute approximate surface area is 135 Å². The van der Waals surface area contributed by atoms with E-state index in [2.05, 4.69) is 17.2 Å². The number of carbonyl (C=O) groups excluding carboxylic acids is 1. The molecule has 0 spiro atoms. The normalized spacial score (nSPS) is 10.0. The van der Waals surface area contributed by atoms with Crippen LogP contribution in [0, 0.1) is 5.82 Å². The summed E-state index contributed by atoms with van der Waals surface area (Å²) in [5.74, 6) is -0.125. The highest BCUT2D eigenvalue weighted by Crippen LogP contribution is 2.24. The number of carbonyl (C=O) groups is 1. The van der Waals surface area contributed by atoms with Crippen molar-refractivity contribution in [1.29, 1.82) is 0 Å². The van der Waals surface area contributed by atoms with E-state index >= 15 is 0 Å². The van der Waals surface area contributed by atoms with Gasteiger partial charge in [-0.15, -0.1) is 0 Å². The van der Waals surface area contributed by atoms with Crippen LogP contribution in [0.4, 0.5) is 15.8 Å². The average molecular weight is 314 g/mol. The molecule has 0 radical (unpaired) electrons. The first-order chi connectivity index (χ1) is 11.1. The molecule has 2 aromatic rings. The third-order valence-corrected chi connectivity index (χ3v) is 2.95. The van der Waals surface area contributed by atoms with Crippen LogP contribution in [0.5, 0.6) is 5.75 Å². The lowest BCUT2D eigenvalue weighted by molar-refractivity contribution is -0.114. The van der Waals surface area contributed by atoms with Crippen molar-refractivity contribution in [2.24, 2.45) is 0 Å². The molecule has 0 aromatic heterocycles. The number of hydrogen-bond acceptors (Lipinski definition) is 3. The van der Waals surface area contributed by atoms with Crippen LogP contribution < -0.4 is 15.4 Å². The zero-order valence-electron chi connectivity index (χ0n) is 12.9. The molecule has 2 aromatic carbocycles. The van der Waals surface area contributed by atoms with Crippen LogP contribution >= 0.6 is 0 Å². The number of rotatable bonds is 7. The average Bonchev–Trinajstić information content (AvgIpc) is 2.53. The van der Waals surface area contributed by atoms with Crippen LogP contribution in [0.2, 0.25) is 0 Å². The van der Waals surface area contributed by atoms with Gasteiger partial charge in [0.15, 0.2) is 0 Å². The highest BCUT2D eigenvalue weighted by atomic mass is 19.1. The Hall–Kier alpha value is -2.82. The number of para-hydroxylation sites is 3. The summed E-state index contributed by atoms with van der Waals surface area (Å²) in [6.07, 6.45) is 0. The Morgan fingerprint density at radius 3 is 2.48 bits per heavy atom. The molecule has 0 saturated heterocycles. The van der Waals surface area contributed by atoms with Crippen molar-refractivity contribution in [2.75, 3.05) is 23.8 Å². The van der Waals surface area contributed by atoms with Crippen LogP contribution in [0.1, 0.15) is 6.92 Å². The minimum atomic E-state index is -0.398. The van der Waals surface area contributed by atoms with Gasteiger partial charge in [0.05, 0.1) is 17.9 Å². The minimum absolute atomic E-state index is 0.0459. The first-order valence-electron chi connectivity index (χ1n) is 7.20. The fraction of sp³-hybridized carbons (Fsp3) is 0.167. The maximum absolute atomic E-state index is 13.5. The first kappa shape index (κ1) is 16.5. The lowest BCUT2D eigenvalue weighted by Gasteiger charge is -2.13. The molecule has 0 atom stereocenters. The molecule has 120 valence electrons. The summed E-state index contributed by atoms with van der Waals surface area (Å²) in [6.45, 7) is 5.96. The molecule has 0 fully saturated rings. The summed E-state index contributed by atoms with van der Waals surface area (Å²) in [4.78, 5) is 12.0. The Bertz CT molecular complexity index is 701. The maximum atomic E-state index is 13.5. The van der Waals surface area contributed by atoms with Gasteiger partial charge in [0.1, 0.15) is 18.2 Å². The summed E-state index contributed by atoms with van der Waals surface area (Å²) >= 11 is 0. The van der Waals surface area contributed by atoms with Crippen LogP contribution in [-0.2, 0) is 4.79 Å². The molecule has 0 heterocycles. The molecule has 23 heavy (non-hydrogen) atoms. The molecule has 0 unspecified atom stereocenters. The summed E-state index contributed by atoms with van der Waals surface area (Å²) in [7, 11) is 0. The van der Waals surface area contributed by atoms with Gasteiger partial charge in [-0.05, 0) is 36.8 Å². The van der Waals surface area contributed by atoms with Crippen molar-refractivity contribution in [3.8, 4) is 5.75 Å². The van der Waals surface area contributed by atoms with Crippen molar-refractivity contribution < 1.29 is 13.9 Å². The van der Waals surface area contributed by atoms with Crippen molar-refractivity contribution in [1.82, 2.24) is 0 Å². The summed E-state index contributed by atoms with van der Waals surface area (Å²) in [6, 6.07) is 13.3. The highest BCUT2D eigenvalue weighted by Gasteiger charge is 2.08. The molecule has 1 amide bonds. The third-order valence-electron chi connectivity index (χ3n) is 2.95. The minimum Gasteiger partial charge on any atom is -0.487 e. The quantitative estimate of drug-likeness (QED) is 0.764. The number of ether oxygens (including phenoxy) is 1. The van der Waals surface area contributed by atoms with E-state index in [0.717, 1.165) is 5.57 Å². The lowest BCUT2D eigenvalue weighted by atomic mass is 10.2. The number of hydrogen-bond donors (Lipinski definition) is 2. The number of nitrogens with one attached hydrogen (secondary N) is 2. The molecular weight excluding hydrogens is 295 g/mol. The number of halogens is 1. The fourth-order valence-electron chi connectivity index (χ4n) is 1.87. The Balaban J connectivity index is 1.95. The highest BCUT2D eigenvalue weighted by molar-refractivity contribution is 5.95. The monoisotopic (exact) mass is 314 g/mol. The van der Waals surface area contributed by atoms with Gasteiger partial charge < -0.3 is 15.4 Å². The Morgan fingerprint density at radius 2 is 1.78 bits per heavy atom. The van der Waals surface area contributed by atoms with Gasteiger partial charge in [-0.2, -0.15) is 0 Å². The predicted octanol–water partition coefficient (Wildman–Crippen LogP) is 3.83. The van der Waals surface area contributed by atoms with Crippen molar-refractivity contribution in [2.45, 2.75) is 6.92 Å². The van der Waals surface area contributed by atoms with Crippen LogP contribution in [-0.4, -0.2) is 19.1 Å². The van der Waals surface area contributed by atoms with E-state index in [1.165, 1.54) is 6.07 Å². The molecule has 0 aliphatic rings. The van der Waals surface area contributed by atoms with E-state index in [1.54, 1.807) is 36.4 Å². The van der Waals surface area contributed by atoms with Gasteiger partial charge in [0, 0.05) is 0 Å². The van der Waals surface area contributed by atoms with Gasteiger partial charge in [-0.1, -0.05) is 30.8 Å². The summed E-state index contributed by atoms with van der Waals surface area (Å²) < 4.78 is 19.1. The molecule has 0 aliphatic heterocycles. The van der Waals surface area contributed by atoms with E-state index in [9.17, 15) is 9.18 Å². The van der Waals surface area contributed by atoms with Gasteiger partial charge in [-0.3, -0.25) is 4.79 Å². The van der Waals surface area contributed by atoms with Crippen molar-refractivity contribution in [3.05, 3.63) is 66.5 Å². The molecule has 0 aliphatic carbocycles. The standard InChI is InChI=1S/C18H19FN2O2/c1-13(2)12-23-17-10-6-5-9-16(17)21-18(22)11-20-15-8-4-3-7-14(15)19/h3-10,20H,1,11-12H2,2H3,(H,21,22). The molecular formula is C18H19FN2O2. The second-order valence-corrected chi connectivity index (χ2v) is 5.12. The van der Waals surface area contributed by atoms with E-state index in [-0.39, 0.29) is 18.1 Å². The van der Waals surface area contributed by atoms with E-state index in [4.69, 9.17) is 4.74 Å². The largest absolute Gasteiger partial charge is 0.487 e. The Kier molecular flexibility index (Phi) is 5.74. The number of anilines is 2. The zero-order chi connectivity index (χ0) is 16.7. The maximum Gasteiger partial charge on any atom is 0.243 e. The zero-order valence-corrected chi connectivity index (χ0v) is 12.9. The molecule has 4 nitrogen and oxygen atoms in total. The SMILES string of the molecule is C=C(C)COc1ccccc1NC(=O)CNc1ccccc1F. The van der Waals surface area contributed by atoms with Gasteiger partial charge in [0.25, 0.3) is 0 Å². The smallest absolute Gasteiger partial charge is 0.243 e. The third kappa shape index (κ3) is 5.14. The van der Waals surface area contributed by atoms with Gasteiger partial charge in [-0.25, -0.2) is 4.39 Å². The van der Waals surface area contributed by atoms with E-state index in [1.807, 2.05) is 13.0 Å². The van der Waals surface area contributed by atoms with Crippen LogP contribution in [0.15, 0.2) is 60.7 Å². The lowest BCUT2D eigenvalue weighted by Crippen LogP contribution is -2.22. The molecule has 0 saturated carbocycles. The second kappa shape index (κ2) is 7.98. The van der Waals surface area contributed by atoms with Crippen LogP contribution in [0.25, 0.3) is 0 Å². The van der Waals surface area contributed by atoms with E-state index < -0.39 is 5.82 Å². The van der Waals surface area contributed by atoms with E-state index in [0.29, 0.717) is 18.0 Å². The molecule has 2 N–H and O–H groups in total. The molecule has 5 heteroatoms. The summed E-state index contributed by atoms with van der Waals surface area (Å²) in [5.41, 5.74) is 1.73. The molecule has 0 bridgehead atoms. The number of benzene rings is 2. The summed E-state index contributed by atoms with van der Waals surface area (Å²) in [5, 5.41) is 5.51. The fourth-order valence-corrected chi connectivity index (χ4v) is 1.87. The van der Waals surface area contributed by atoms with Crippen molar-refractivity contribution >= 4 is 17.3 Å². The topological polar surface area (TPSA) is 50.4 Å². The van der Waals surface area contributed by atoms with Crippen molar-refractivity contribution in [3.63, 3.8) is 0 Å².